The van der Waals surface area contributed by atoms with Crippen molar-refractivity contribution < 1.29 is 43.7 Å². The first-order valence-corrected chi connectivity index (χ1v) is 10.9. The van der Waals surface area contributed by atoms with Gasteiger partial charge in [-0.2, -0.15) is 4.90 Å². The lowest BCUT2D eigenvalue weighted by molar-refractivity contribution is -0.155. The third-order valence-corrected chi connectivity index (χ3v) is 4.84. The van der Waals surface area contributed by atoms with Crippen LogP contribution in [0, 0.1) is 5.92 Å². The SMILES string of the molecule is C[C@@H]1CCN(C(=O)[C@H](CCC(=O)O)N(C(=O)OC(C)(C)C)C(=O)OC(C)(C)C)[C@@H](C(=O)O)C1. The van der Waals surface area contributed by atoms with E-state index in [9.17, 15) is 34.2 Å². The molecule has 11 heteroatoms. The molecule has 33 heavy (non-hydrogen) atoms. The number of hydrogen-bond donors (Lipinski definition) is 2. The van der Waals surface area contributed by atoms with Crippen molar-refractivity contribution in [3.05, 3.63) is 0 Å². The van der Waals surface area contributed by atoms with Crippen LogP contribution in [-0.4, -0.2) is 79.9 Å². The molecule has 11 nitrogen and oxygen atoms in total. The lowest BCUT2D eigenvalue weighted by Gasteiger charge is -2.40. The summed E-state index contributed by atoms with van der Waals surface area (Å²) in [6.07, 6.45) is -2.60. The van der Waals surface area contributed by atoms with Gasteiger partial charge in [-0.25, -0.2) is 14.4 Å². The van der Waals surface area contributed by atoms with Gasteiger partial charge in [0.1, 0.15) is 23.3 Å². The summed E-state index contributed by atoms with van der Waals surface area (Å²) in [5, 5.41) is 18.8. The van der Waals surface area contributed by atoms with Crippen molar-refractivity contribution >= 4 is 30.0 Å². The first-order chi connectivity index (χ1) is 14.9. The Bertz CT molecular complexity index is 739. The number of imide groups is 1. The maximum atomic E-state index is 13.5. The van der Waals surface area contributed by atoms with Gasteiger partial charge in [0.25, 0.3) is 0 Å². The lowest BCUT2D eigenvalue weighted by Crippen LogP contribution is -2.59. The quantitative estimate of drug-likeness (QED) is 0.594. The topological polar surface area (TPSA) is 151 Å². The summed E-state index contributed by atoms with van der Waals surface area (Å²) in [5.41, 5.74) is -2.05. The van der Waals surface area contributed by atoms with Crippen molar-refractivity contribution in [1.82, 2.24) is 9.80 Å². The summed E-state index contributed by atoms with van der Waals surface area (Å²) in [5.74, 6) is -3.25. The van der Waals surface area contributed by atoms with E-state index in [-0.39, 0.29) is 18.9 Å². The molecule has 3 amide bonds. The monoisotopic (exact) mass is 472 g/mol. The predicted octanol–water partition coefficient (Wildman–Crippen LogP) is 3.10. The van der Waals surface area contributed by atoms with Gasteiger partial charge in [0.05, 0.1) is 0 Å². The molecule has 188 valence electrons. The Labute approximate surface area is 194 Å². The molecule has 1 aliphatic rings. The number of piperidine rings is 1. The lowest BCUT2D eigenvalue weighted by atomic mass is 9.91. The molecule has 1 saturated heterocycles. The van der Waals surface area contributed by atoms with E-state index < -0.39 is 66.2 Å². The first kappa shape index (κ1) is 28.2. The molecular weight excluding hydrogens is 436 g/mol. The number of likely N-dealkylation sites (tertiary alicyclic amines) is 1. The molecule has 0 aromatic rings. The molecular formula is C22H36N2O9. The highest BCUT2D eigenvalue weighted by molar-refractivity contribution is 5.97. The fourth-order valence-corrected chi connectivity index (χ4v) is 3.41. The molecule has 1 fully saturated rings. The second kappa shape index (κ2) is 10.8. The number of carbonyl (C=O) groups is 5. The molecule has 1 rings (SSSR count). The predicted molar refractivity (Wildman–Crippen MR) is 116 cm³/mol. The summed E-state index contributed by atoms with van der Waals surface area (Å²) in [7, 11) is 0. The van der Waals surface area contributed by atoms with E-state index in [1.807, 2.05) is 6.92 Å². The molecule has 0 radical (unpaired) electrons. The van der Waals surface area contributed by atoms with Crippen LogP contribution in [0.2, 0.25) is 0 Å². The van der Waals surface area contributed by atoms with Crippen LogP contribution in [0.5, 0.6) is 0 Å². The van der Waals surface area contributed by atoms with Gasteiger partial charge in [0.2, 0.25) is 5.91 Å². The third-order valence-electron chi connectivity index (χ3n) is 4.84. The minimum Gasteiger partial charge on any atom is -0.481 e. The average Bonchev–Trinajstić information content (AvgIpc) is 2.60. The largest absolute Gasteiger partial charge is 0.481 e. The first-order valence-electron chi connectivity index (χ1n) is 10.9. The molecule has 1 aliphatic heterocycles. The summed E-state index contributed by atoms with van der Waals surface area (Å²) < 4.78 is 10.6. The van der Waals surface area contributed by atoms with E-state index >= 15 is 0 Å². The van der Waals surface area contributed by atoms with Gasteiger partial charge in [0, 0.05) is 13.0 Å². The maximum Gasteiger partial charge on any atom is 0.420 e. The summed E-state index contributed by atoms with van der Waals surface area (Å²) in [6, 6.07) is -2.77. The van der Waals surface area contributed by atoms with Crippen molar-refractivity contribution in [2.75, 3.05) is 6.54 Å². The Balaban J connectivity index is 3.46. The highest BCUT2D eigenvalue weighted by Gasteiger charge is 2.45. The minimum absolute atomic E-state index is 0.0560. The van der Waals surface area contributed by atoms with Crippen molar-refractivity contribution in [2.45, 2.75) is 97.4 Å². The van der Waals surface area contributed by atoms with E-state index in [1.165, 1.54) is 0 Å². The summed E-state index contributed by atoms with van der Waals surface area (Å²) >= 11 is 0. The highest BCUT2D eigenvalue weighted by atomic mass is 16.6. The zero-order valence-corrected chi connectivity index (χ0v) is 20.4. The third kappa shape index (κ3) is 8.89. The number of hydrogen-bond acceptors (Lipinski definition) is 7. The molecule has 1 heterocycles. The van der Waals surface area contributed by atoms with Crippen molar-refractivity contribution in [2.24, 2.45) is 5.92 Å². The Morgan fingerprint density at radius 2 is 1.45 bits per heavy atom. The molecule has 0 saturated carbocycles. The maximum absolute atomic E-state index is 13.5. The van der Waals surface area contributed by atoms with E-state index in [2.05, 4.69) is 0 Å². The minimum atomic E-state index is -1.61. The number of ether oxygens (including phenoxy) is 2. The van der Waals surface area contributed by atoms with Crippen molar-refractivity contribution in [3.8, 4) is 0 Å². The van der Waals surface area contributed by atoms with Crippen LogP contribution in [0.4, 0.5) is 9.59 Å². The summed E-state index contributed by atoms with van der Waals surface area (Å²) in [6.45, 7) is 11.4. The number of amides is 3. The number of nitrogens with zero attached hydrogens (tertiary/aromatic N) is 2. The van der Waals surface area contributed by atoms with Crippen LogP contribution >= 0.6 is 0 Å². The van der Waals surface area contributed by atoms with Crippen LogP contribution in [-0.2, 0) is 23.9 Å². The Morgan fingerprint density at radius 1 is 0.970 bits per heavy atom. The smallest absolute Gasteiger partial charge is 0.420 e. The number of aliphatic carboxylic acids is 2. The Hall–Kier alpha value is -2.85. The van der Waals surface area contributed by atoms with E-state index in [0.29, 0.717) is 11.3 Å². The Kier molecular flexibility index (Phi) is 9.26. The molecule has 0 unspecified atom stereocenters. The normalized spacial score (nSPS) is 19.9. The van der Waals surface area contributed by atoms with Gasteiger partial charge in [-0.15, -0.1) is 0 Å². The number of carbonyl (C=O) groups excluding carboxylic acids is 3. The zero-order valence-electron chi connectivity index (χ0n) is 20.4. The van der Waals surface area contributed by atoms with Crippen LogP contribution in [0.15, 0.2) is 0 Å². The van der Waals surface area contributed by atoms with Crippen LogP contribution in [0.1, 0.15) is 74.1 Å². The molecule has 3 atom stereocenters. The summed E-state index contributed by atoms with van der Waals surface area (Å²) in [4.78, 5) is 64.2. The molecule has 0 aromatic carbocycles. The van der Waals surface area contributed by atoms with Gasteiger partial charge in [-0.3, -0.25) is 9.59 Å². The highest BCUT2D eigenvalue weighted by Crippen LogP contribution is 2.27. The van der Waals surface area contributed by atoms with Crippen LogP contribution in [0.25, 0.3) is 0 Å². The van der Waals surface area contributed by atoms with Gasteiger partial charge in [-0.05, 0) is 66.7 Å². The standard InChI is InChI=1S/C22H36N2O9/c1-13-10-11-23(15(12-13)18(28)29)17(27)14(8-9-16(25)26)24(19(30)32-21(2,3)4)20(31)33-22(5,6)7/h13-15H,8-12H2,1-7H3,(H,25,26)(H,28,29)/t13-,14+,15-/m1/s1. The number of rotatable bonds is 6. The molecule has 2 N–H and O–H groups in total. The van der Waals surface area contributed by atoms with Crippen LogP contribution < -0.4 is 0 Å². The van der Waals surface area contributed by atoms with Gasteiger partial charge in [0.15, 0.2) is 0 Å². The Morgan fingerprint density at radius 3 is 1.85 bits per heavy atom. The van der Waals surface area contributed by atoms with Gasteiger partial charge >= 0.3 is 24.1 Å². The molecule has 0 aliphatic carbocycles. The van der Waals surface area contributed by atoms with Gasteiger partial charge in [-0.1, -0.05) is 6.92 Å². The molecule has 0 bridgehead atoms. The van der Waals surface area contributed by atoms with Gasteiger partial charge < -0.3 is 24.6 Å². The van der Waals surface area contributed by atoms with Crippen molar-refractivity contribution in [3.63, 3.8) is 0 Å². The fourth-order valence-electron chi connectivity index (χ4n) is 3.41. The van der Waals surface area contributed by atoms with E-state index in [4.69, 9.17) is 9.47 Å². The number of carboxylic acids is 2. The second-order valence-electron chi connectivity index (χ2n) is 10.3. The molecule has 0 spiro atoms. The second-order valence-corrected chi connectivity index (χ2v) is 10.3. The van der Waals surface area contributed by atoms with E-state index in [1.54, 1.807) is 41.5 Å². The van der Waals surface area contributed by atoms with Crippen LogP contribution in [0.3, 0.4) is 0 Å². The number of carboxylic acid groups (broad SMARTS) is 2. The van der Waals surface area contributed by atoms with Crippen molar-refractivity contribution in [1.29, 1.82) is 0 Å². The fraction of sp³-hybridized carbons (Fsp3) is 0.773. The zero-order chi connectivity index (χ0) is 25.7. The average molecular weight is 473 g/mol. The van der Waals surface area contributed by atoms with E-state index in [0.717, 1.165) is 4.90 Å². The molecule has 0 aromatic heterocycles.